The van der Waals surface area contributed by atoms with Crippen LogP contribution >= 0.6 is 0 Å². The summed E-state index contributed by atoms with van der Waals surface area (Å²) in [7, 11) is 0. The van der Waals surface area contributed by atoms with Gasteiger partial charge in [0.2, 0.25) is 17.6 Å². The number of hydrogen-bond acceptors (Lipinski definition) is 6. The molecule has 3 N–H and O–H groups in total. The minimum absolute atomic E-state index is 0.0740. The number of amides is 1. The van der Waals surface area contributed by atoms with Gasteiger partial charge in [-0.15, -0.1) is 0 Å². The van der Waals surface area contributed by atoms with Gasteiger partial charge >= 0.3 is 0 Å². The van der Waals surface area contributed by atoms with Crippen LogP contribution in [0.3, 0.4) is 0 Å². The van der Waals surface area contributed by atoms with Crippen molar-refractivity contribution in [2.24, 2.45) is 5.73 Å². The molecule has 1 amide bonds. The molecule has 1 aromatic carbocycles. The van der Waals surface area contributed by atoms with Crippen molar-refractivity contribution in [3.63, 3.8) is 0 Å². The van der Waals surface area contributed by atoms with E-state index in [1.165, 1.54) is 0 Å². The average molecular weight is 340 g/mol. The number of nitrogens with zero attached hydrogens (tertiary/aromatic N) is 4. The van der Waals surface area contributed by atoms with Gasteiger partial charge in [0.1, 0.15) is 0 Å². The molecule has 2 aromatic heterocycles. The van der Waals surface area contributed by atoms with E-state index in [9.17, 15) is 4.79 Å². The van der Waals surface area contributed by atoms with Gasteiger partial charge in [-0.3, -0.25) is 9.48 Å². The predicted octanol–water partition coefficient (Wildman–Crippen LogP) is 1.17. The molecule has 0 aliphatic heterocycles. The van der Waals surface area contributed by atoms with Crippen LogP contribution in [-0.4, -0.2) is 32.4 Å². The van der Waals surface area contributed by atoms with Crippen LogP contribution in [0.15, 0.2) is 34.9 Å². The Morgan fingerprint density at radius 1 is 1.32 bits per heavy atom. The number of carbonyl (C=O) groups excluding carboxylic acids is 1. The molecule has 3 rings (SSSR count). The molecule has 8 nitrogen and oxygen atoms in total. The number of benzene rings is 1. The van der Waals surface area contributed by atoms with Crippen molar-refractivity contribution in [1.82, 2.24) is 25.2 Å². The SMILES string of the molecule is Cc1cc(C)n(Cc2cccc(-c3noc(CNC(=O)CN)n3)c2)n1. The number of aromatic nitrogens is 4. The zero-order chi connectivity index (χ0) is 17.8. The van der Waals surface area contributed by atoms with E-state index >= 15 is 0 Å². The molecule has 0 unspecified atom stereocenters. The Balaban J connectivity index is 1.74. The van der Waals surface area contributed by atoms with E-state index < -0.39 is 0 Å². The zero-order valence-corrected chi connectivity index (χ0v) is 14.2. The number of hydrogen-bond donors (Lipinski definition) is 2. The van der Waals surface area contributed by atoms with Crippen molar-refractivity contribution < 1.29 is 9.32 Å². The second-order valence-corrected chi connectivity index (χ2v) is 5.78. The molecular weight excluding hydrogens is 320 g/mol. The van der Waals surface area contributed by atoms with Crippen molar-refractivity contribution in [3.8, 4) is 11.4 Å². The first-order chi connectivity index (χ1) is 12.0. The molecule has 0 aliphatic carbocycles. The van der Waals surface area contributed by atoms with Crippen LogP contribution in [0.25, 0.3) is 11.4 Å². The highest BCUT2D eigenvalue weighted by atomic mass is 16.5. The Bertz CT molecular complexity index is 883. The molecule has 3 aromatic rings. The largest absolute Gasteiger partial charge is 0.346 e. The zero-order valence-electron chi connectivity index (χ0n) is 14.2. The number of nitrogens with two attached hydrogens (primary N) is 1. The molecule has 0 fully saturated rings. The summed E-state index contributed by atoms with van der Waals surface area (Å²) in [6.45, 7) is 4.77. The van der Waals surface area contributed by atoms with Gasteiger partial charge in [0.25, 0.3) is 0 Å². The molecule has 0 spiro atoms. The fraction of sp³-hybridized carbons (Fsp3) is 0.294. The first-order valence-corrected chi connectivity index (χ1v) is 7.95. The van der Waals surface area contributed by atoms with Crippen LogP contribution in [0.1, 0.15) is 22.8 Å². The van der Waals surface area contributed by atoms with Crippen LogP contribution in [0.2, 0.25) is 0 Å². The van der Waals surface area contributed by atoms with E-state index in [0.29, 0.717) is 18.3 Å². The molecule has 0 atom stereocenters. The smallest absolute Gasteiger partial charge is 0.246 e. The van der Waals surface area contributed by atoms with Crippen LogP contribution in [0.4, 0.5) is 0 Å². The summed E-state index contributed by atoms with van der Waals surface area (Å²) in [6.07, 6.45) is 0. The summed E-state index contributed by atoms with van der Waals surface area (Å²) in [5.41, 5.74) is 9.28. The van der Waals surface area contributed by atoms with Gasteiger partial charge in [-0.2, -0.15) is 10.1 Å². The first kappa shape index (κ1) is 16.8. The normalized spacial score (nSPS) is 10.8. The van der Waals surface area contributed by atoms with E-state index in [-0.39, 0.29) is 19.0 Å². The maximum atomic E-state index is 11.2. The first-order valence-electron chi connectivity index (χ1n) is 7.95. The van der Waals surface area contributed by atoms with E-state index in [4.69, 9.17) is 10.3 Å². The van der Waals surface area contributed by atoms with Crippen molar-refractivity contribution >= 4 is 5.91 Å². The maximum absolute atomic E-state index is 11.2. The van der Waals surface area contributed by atoms with Crippen molar-refractivity contribution in [2.45, 2.75) is 26.9 Å². The van der Waals surface area contributed by atoms with Gasteiger partial charge in [-0.25, -0.2) is 0 Å². The minimum Gasteiger partial charge on any atom is -0.346 e. The standard InChI is InChI=1S/C17H20N6O2/c1-11-6-12(2)23(21-11)10-13-4-3-5-14(7-13)17-20-16(25-22-17)9-19-15(24)8-18/h3-7H,8-10,18H2,1-2H3,(H,19,24). The Labute approximate surface area is 145 Å². The lowest BCUT2D eigenvalue weighted by Crippen LogP contribution is -2.29. The molecule has 0 aliphatic rings. The van der Waals surface area contributed by atoms with Crippen LogP contribution in [-0.2, 0) is 17.9 Å². The third-order valence-corrected chi connectivity index (χ3v) is 3.71. The predicted molar refractivity (Wildman–Crippen MR) is 91.4 cm³/mol. The summed E-state index contributed by atoms with van der Waals surface area (Å²) < 4.78 is 7.12. The van der Waals surface area contributed by atoms with Crippen molar-refractivity contribution in [2.75, 3.05) is 6.54 Å². The average Bonchev–Trinajstić information content (AvgIpc) is 3.19. The number of aryl methyl sites for hydroxylation is 2. The Morgan fingerprint density at radius 3 is 2.88 bits per heavy atom. The van der Waals surface area contributed by atoms with Crippen LogP contribution in [0.5, 0.6) is 0 Å². The lowest BCUT2D eigenvalue weighted by molar-refractivity contribution is -0.120. The fourth-order valence-corrected chi connectivity index (χ4v) is 2.51. The molecule has 0 radical (unpaired) electrons. The number of nitrogens with one attached hydrogen (secondary N) is 1. The van der Waals surface area contributed by atoms with Crippen molar-refractivity contribution in [3.05, 3.63) is 53.2 Å². The second-order valence-electron chi connectivity index (χ2n) is 5.78. The van der Waals surface area contributed by atoms with Crippen LogP contribution in [0, 0.1) is 13.8 Å². The number of carbonyl (C=O) groups is 1. The maximum Gasteiger partial charge on any atom is 0.246 e. The minimum atomic E-state index is -0.272. The monoisotopic (exact) mass is 340 g/mol. The van der Waals surface area contributed by atoms with E-state index in [0.717, 1.165) is 22.5 Å². The molecular formula is C17H20N6O2. The highest BCUT2D eigenvalue weighted by Gasteiger charge is 2.10. The fourth-order valence-electron chi connectivity index (χ4n) is 2.51. The number of rotatable bonds is 6. The molecule has 0 saturated heterocycles. The van der Waals surface area contributed by atoms with Crippen molar-refractivity contribution in [1.29, 1.82) is 0 Å². The summed E-state index contributed by atoms with van der Waals surface area (Å²) in [5.74, 6) is 0.541. The molecule has 130 valence electrons. The van der Waals surface area contributed by atoms with E-state index in [2.05, 4.69) is 20.6 Å². The van der Waals surface area contributed by atoms with Gasteiger partial charge in [0.05, 0.1) is 25.3 Å². The Morgan fingerprint density at radius 2 is 2.16 bits per heavy atom. The Kier molecular flexibility index (Phi) is 4.90. The van der Waals surface area contributed by atoms with Gasteiger partial charge in [-0.05, 0) is 31.5 Å². The van der Waals surface area contributed by atoms with Gasteiger partial charge < -0.3 is 15.6 Å². The van der Waals surface area contributed by atoms with Crippen LogP contribution < -0.4 is 11.1 Å². The molecule has 25 heavy (non-hydrogen) atoms. The van der Waals surface area contributed by atoms with Gasteiger partial charge in [0.15, 0.2) is 0 Å². The molecule has 0 bridgehead atoms. The lowest BCUT2D eigenvalue weighted by Gasteiger charge is -2.05. The second kappa shape index (κ2) is 7.27. The molecule has 0 saturated carbocycles. The highest BCUT2D eigenvalue weighted by Crippen LogP contribution is 2.18. The van der Waals surface area contributed by atoms with Gasteiger partial charge in [0, 0.05) is 11.3 Å². The molecule has 8 heteroatoms. The summed E-state index contributed by atoms with van der Waals surface area (Å²) in [4.78, 5) is 15.5. The Hall–Kier alpha value is -3.00. The summed E-state index contributed by atoms with van der Waals surface area (Å²) in [6, 6.07) is 9.94. The third kappa shape index (κ3) is 4.10. The van der Waals surface area contributed by atoms with E-state index in [1.807, 2.05) is 48.9 Å². The summed E-state index contributed by atoms with van der Waals surface area (Å²) >= 11 is 0. The van der Waals surface area contributed by atoms with Gasteiger partial charge in [-0.1, -0.05) is 23.4 Å². The molecule has 2 heterocycles. The topological polar surface area (TPSA) is 112 Å². The quantitative estimate of drug-likeness (QED) is 0.697. The lowest BCUT2D eigenvalue weighted by atomic mass is 10.1. The summed E-state index contributed by atoms with van der Waals surface area (Å²) in [5, 5.41) is 11.0. The van der Waals surface area contributed by atoms with E-state index in [1.54, 1.807) is 0 Å². The highest BCUT2D eigenvalue weighted by molar-refractivity contribution is 5.77. The third-order valence-electron chi connectivity index (χ3n) is 3.71.